The van der Waals surface area contributed by atoms with Crippen molar-refractivity contribution in [3.05, 3.63) is 59.2 Å². The maximum atomic E-state index is 11.6. The van der Waals surface area contributed by atoms with Crippen molar-refractivity contribution in [2.75, 3.05) is 30.5 Å². The van der Waals surface area contributed by atoms with E-state index in [9.17, 15) is 8.42 Å². The molecular weight excluding hydrogens is 472 g/mol. The zero-order chi connectivity index (χ0) is 24.5. The highest BCUT2D eigenvalue weighted by atomic mass is 32.2. The van der Waals surface area contributed by atoms with E-state index in [1.54, 1.807) is 31.6 Å². The first-order chi connectivity index (χ1) is 16.2. The van der Waals surface area contributed by atoms with Crippen LogP contribution in [0.2, 0.25) is 0 Å². The Hall–Kier alpha value is -3.37. The molecule has 0 saturated carbocycles. The summed E-state index contributed by atoms with van der Waals surface area (Å²) in [6.07, 6.45) is 1.14. The lowest BCUT2D eigenvalue weighted by molar-refractivity contribution is 0.356. The largest absolute Gasteiger partial charge is 0.493 e. The number of aromatic nitrogens is 2. The fourth-order valence-corrected chi connectivity index (χ4v) is 5.21. The van der Waals surface area contributed by atoms with E-state index in [0.717, 1.165) is 32.5 Å². The van der Waals surface area contributed by atoms with E-state index in [-0.39, 0.29) is 6.04 Å². The average Bonchev–Trinajstić information content (AvgIpc) is 3.28. The van der Waals surface area contributed by atoms with Gasteiger partial charge in [0.05, 0.1) is 32.0 Å². The molecule has 0 bridgehead atoms. The van der Waals surface area contributed by atoms with Crippen molar-refractivity contribution in [3.63, 3.8) is 0 Å². The number of hydrogen-bond donors (Lipinski definition) is 2. The molecule has 2 N–H and O–H groups in total. The highest BCUT2D eigenvalue weighted by Crippen LogP contribution is 2.37. The van der Waals surface area contributed by atoms with Gasteiger partial charge >= 0.3 is 0 Å². The second-order valence-electron chi connectivity index (χ2n) is 7.87. The van der Waals surface area contributed by atoms with Crippen molar-refractivity contribution in [1.29, 1.82) is 0 Å². The molecule has 2 aromatic heterocycles. The summed E-state index contributed by atoms with van der Waals surface area (Å²) in [4.78, 5) is 11.3. The van der Waals surface area contributed by atoms with Gasteiger partial charge in [0.1, 0.15) is 11.6 Å². The number of hydrogen-bond acceptors (Lipinski definition) is 8. The SMILES string of the molecule is COc1cc2nc(C)nc(NC(C)c3ccc(-c4cccc(NS(C)(=O)=O)c4)s3)c2cc1OC. The molecule has 0 spiro atoms. The molecule has 0 aliphatic rings. The Morgan fingerprint density at radius 1 is 1.00 bits per heavy atom. The van der Waals surface area contributed by atoms with Crippen LogP contribution in [0, 0.1) is 6.92 Å². The van der Waals surface area contributed by atoms with Gasteiger partial charge in [-0.3, -0.25) is 4.72 Å². The highest BCUT2D eigenvalue weighted by molar-refractivity contribution is 7.92. The Bertz CT molecular complexity index is 1450. The minimum atomic E-state index is -3.34. The fraction of sp³-hybridized carbons (Fsp3) is 0.250. The van der Waals surface area contributed by atoms with E-state index in [2.05, 4.69) is 33.0 Å². The number of nitrogens with zero attached hydrogens (tertiary/aromatic N) is 2. The summed E-state index contributed by atoms with van der Waals surface area (Å²) in [6.45, 7) is 3.92. The molecule has 1 atom stereocenters. The maximum Gasteiger partial charge on any atom is 0.229 e. The normalized spacial score (nSPS) is 12.4. The standard InChI is InChI=1S/C24H26N4O4S2/c1-14(22-9-10-23(33-22)16-7-6-8-17(11-16)28-34(5,29)30)25-24-18-12-20(31-3)21(32-4)13-19(18)26-15(2)27-24/h6-14,28H,1-5H3,(H,25,26,27). The van der Waals surface area contributed by atoms with Gasteiger partial charge in [0.2, 0.25) is 10.0 Å². The van der Waals surface area contributed by atoms with Crippen molar-refractivity contribution in [1.82, 2.24) is 9.97 Å². The van der Waals surface area contributed by atoms with Crippen molar-refractivity contribution in [3.8, 4) is 21.9 Å². The summed E-state index contributed by atoms with van der Waals surface area (Å²) in [5.41, 5.74) is 2.24. The first-order valence-corrected chi connectivity index (χ1v) is 13.2. The van der Waals surface area contributed by atoms with Gasteiger partial charge in [-0.15, -0.1) is 11.3 Å². The second-order valence-corrected chi connectivity index (χ2v) is 10.7. The number of rotatable bonds is 8. The highest BCUT2D eigenvalue weighted by Gasteiger charge is 2.16. The lowest BCUT2D eigenvalue weighted by Gasteiger charge is -2.16. The quantitative estimate of drug-likeness (QED) is 0.343. The van der Waals surface area contributed by atoms with Gasteiger partial charge in [-0.05, 0) is 49.7 Å². The van der Waals surface area contributed by atoms with E-state index in [0.29, 0.717) is 28.8 Å². The average molecular weight is 499 g/mol. The van der Waals surface area contributed by atoms with Gasteiger partial charge in [0.15, 0.2) is 11.5 Å². The van der Waals surface area contributed by atoms with Gasteiger partial charge < -0.3 is 14.8 Å². The predicted octanol–water partition coefficient (Wildman–Crippen LogP) is 5.23. The number of benzene rings is 2. The molecule has 2 heterocycles. The molecule has 178 valence electrons. The number of methoxy groups -OCH3 is 2. The Labute approximate surface area is 203 Å². The Balaban J connectivity index is 1.62. The molecule has 0 radical (unpaired) electrons. The second kappa shape index (κ2) is 9.47. The van der Waals surface area contributed by atoms with Gasteiger partial charge in [-0.1, -0.05) is 12.1 Å². The van der Waals surface area contributed by atoms with Crippen LogP contribution in [0.4, 0.5) is 11.5 Å². The first kappa shape index (κ1) is 23.8. The van der Waals surface area contributed by atoms with Crippen LogP contribution in [0.5, 0.6) is 11.5 Å². The zero-order valence-electron chi connectivity index (χ0n) is 19.5. The summed E-state index contributed by atoms with van der Waals surface area (Å²) in [7, 11) is -0.139. The number of nitrogens with one attached hydrogen (secondary N) is 2. The first-order valence-electron chi connectivity index (χ1n) is 10.5. The van der Waals surface area contributed by atoms with Gasteiger partial charge in [0, 0.05) is 26.9 Å². The third-order valence-electron chi connectivity index (χ3n) is 5.17. The van der Waals surface area contributed by atoms with Crippen molar-refractivity contribution in [2.24, 2.45) is 0 Å². The molecule has 0 fully saturated rings. The summed E-state index contributed by atoms with van der Waals surface area (Å²) in [5.74, 6) is 2.59. The molecule has 1 unspecified atom stereocenters. The number of anilines is 2. The van der Waals surface area contributed by atoms with E-state index in [1.807, 2.05) is 43.3 Å². The smallest absolute Gasteiger partial charge is 0.229 e. The van der Waals surface area contributed by atoms with Gasteiger partial charge in [-0.2, -0.15) is 0 Å². The maximum absolute atomic E-state index is 11.6. The van der Waals surface area contributed by atoms with Crippen LogP contribution in [-0.2, 0) is 10.0 Å². The fourth-order valence-electron chi connectivity index (χ4n) is 3.65. The summed E-state index contributed by atoms with van der Waals surface area (Å²) >= 11 is 1.64. The molecule has 10 heteroatoms. The van der Waals surface area contributed by atoms with Gasteiger partial charge in [0.25, 0.3) is 0 Å². The van der Waals surface area contributed by atoms with Crippen LogP contribution in [0.3, 0.4) is 0 Å². The molecule has 2 aromatic carbocycles. The minimum Gasteiger partial charge on any atom is -0.493 e. The lowest BCUT2D eigenvalue weighted by Crippen LogP contribution is -2.09. The van der Waals surface area contributed by atoms with Gasteiger partial charge in [-0.25, -0.2) is 18.4 Å². The molecule has 8 nitrogen and oxygen atoms in total. The van der Waals surface area contributed by atoms with E-state index >= 15 is 0 Å². The zero-order valence-corrected chi connectivity index (χ0v) is 21.2. The summed E-state index contributed by atoms with van der Waals surface area (Å²) < 4.78 is 36.5. The van der Waals surface area contributed by atoms with Crippen LogP contribution >= 0.6 is 11.3 Å². The summed E-state index contributed by atoms with van der Waals surface area (Å²) in [6, 6.07) is 15.2. The molecule has 0 amide bonds. The number of aryl methyl sites for hydroxylation is 1. The van der Waals surface area contributed by atoms with Crippen molar-refractivity contribution in [2.45, 2.75) is 19.9 Å². The van der Waals surface area contributed by atoms with Crippen LogP contribution in [0.15, 0.2) is 48.5 Å². The Morgan fingerprint density at radius 3 is 2.44 bits per heavy atom. The Morgan fingerprint density at radius 2 is 1.74 bits per heavy atom. The number of fused-ring (bicyclic) bond motifs is 1. The number of ether oxygens (including phenoxy) is 2. The van der Waals surface area contributed by atoms with Crippen molar-refractivity contribution >= 4 is 43.8 Å². The molecule has 0 aliphatic heterocycles. The molecule has 0 aliphatic carbocycles. The number of sulfonamides is 1. The van der Waals surface area contributed by atoms with Crippen LogP contribution < -0.4 is 19.5 Å². The third-order valence-corrected chi connectivity index (χ3v) is 7.09. The Kier molecular flexibility index (Phi) is 6.63. The summed E-state index contributed by atoms with van der Waals surface area (Å²) in [5, 5.41) is 4.35. The van der Waals surface area contributed by atoms with Crippen LogP contribution in [-0.4, -0.2) is 38.9 Å². The third kappa shape index (κ3) is 5.23. The molecular formula is C24H26N4O4S2. The molecule has 0 saturated heterocycles. The minimum absolute atomic E-state index is 0.0262. The lowest BCUT2D eigenvalue weighted by atomic mass is 10.1. The van der Waals surface area contributed by atoms with E-state index < -0.39 is 10.0 Å². The molecule has 4 aromatic rings. The predicted molar refractivity (Wildman–Crippen MR) is 138 cm³/mol. The number of thiophene rings is 1. The van der Waals surface area contributed by atoms with Crippen molar-refractivity contribution < 1.29 is 17.9 Å². The monoisotopic (exact) mass is 498 g/mol. The van der Waals surface area contributed by atoms with E-state index in [4.69, 9.17) is 9.47 Å². The van der Waals surface area contributed by atoms with Crippen LogP contribution in [0.1, 0.15) is 23.7 Å². The topological polar surface area (TPSA) is 102 Å². The van der Waals surface area contributed by atoms with Crippen LogP contribution in [0.25, 0.3) is 21.3 Å². The molecule has 34 heavy (non-hydrogen) atoms. The van der Waals surface area contributed by atoms with E-state index in [1.165, 1.54) is 0 Å². The molecule has 4 rings (SSSR count).